The maximum absolute atomic E-state index is 12.7. The van der Waals surface area contributed by atoms with Crippen molar-refractivity contribution in [2.45, 2.75) is 75.9 Å². The van der Waals surface area contributed by atoms with Gasteiger partial charge in [-0.2, -0.15) is 0 Å². The number of nitrogens with one attached hydrogen (secondary N) is 2. The predicted octanol–water partition coefficient (Wildman–Crippen LogP) is 1.67. The van der Waals surface area contributed by atoms with Crippen LogP contribution in [0.1, 0.15) is 57.8 Å². The molecule has 0 spiro atoms. The van der Waals surface area contributed by atoms with E-state index in [0.717, 1.165) is 44.1 Å². The molecule has 1 atom stereocenters. The lowest BCUT2D eigenvalue weighted by molar-refractivity contribution is -0.129. The predicted molar refractivity (Wildman–Crippen MR) is 94.7 cm³/mol. The third-order valence-electron chi connectivity index (χ3n) is 7.49. The molecule has 5 heteroatoms. The third-order valence-corrected chi connectivity index (χ3v) is 7.49. The Hall–Kier alpha value is -1.10. The van der Waals surface area contributed by atoms with E-state index < -0.39 is 0 Å². The Morgan fingerprint density at radius 2 is 1.56 bits per heavy atom. The van der Waals surface area contributed by atoms with E-state index in [0.29, 0.717) is 30.5 Å². The summed E-state index contributed by atoms with van der Waals surface area (Å²) in [4.78, 5) is 27.2. The first-order chi connectivity index (χ1) is 12.2. The van der Waals surface area contributed by atoms with Gasteiger partial charge >= 0.3 is 0 Å². The second-order valence-corrected chi connectivity index (χ2v) is 9.44. The van der Waals surface area contributed by atoms with Crippen molar-refractivity contribution in [2.24, 2.45) is 23.7 Å². The summed E-state index contributed by atoms with van der Waals surface area (Å²) in [5.41, 5.74) is 0. The monoisotopic (exact) mass is 345 g/mol. The first-order valence-electron chi connectivity index (χ1n) is 10.5. The highest BCUT2D eigenvalue weighted by atomic mass is 16.2. The summed E-state index contributed by atoms with van der Waals surface area (Å²) in [5, 5.41) is 6.50. The van der Waals surface area contributed by atoms with E-state index in [1.807, 2.05) is 0 Å². The summed E-state index contributed by atoms with van der Waals surface area (Å²) in [7, 11) is 0. The van der Waals surface area contributed by atoms with Crippen LogP contribution in [0.15, 0.2) is 0 Å². The van der Waals surface area contributed by atoms with Crippen molar-refractivity contribution in [3.8, 4) is 0 Å². The number of carbonyl (C=O) groups is 2. The van der Waals surface area contributed by atoms with Gasteiger partial charge in [0, 0.05) is 12.1 Å². The van der Waals surface area contributed by atoms with Gasteiger partial charge < -0.3 is 10.6 Å². The van der Waals surface area contributed by atoms with Crippen molar-refractivity contribution < 1.29 is 9.59 Å². The number of carbonyl (C=O) groups excluding carboxylic acids is 2. The number of hydrogen-bond donors (Lipinski definition) is 2. The quantitative estimate of drug-likeness (QED) is 0.797. The van der Waals surface area contributed by atoms with Gasteiger partial charge in [0.1, 0.15) is 0 Å². The van der Waals surface area contributed by atoms with Crippen molar-refractivity contribution in [1.82, 2.24) is 15.5 Å². The van der Waals surface area contributed by atoms with Crippen molar-refractivity contribution in [1.29, 1.82) is 0 Å². The zero-order valence-corrected chi connectivity index (χ0v) is 15.1. The van der Waals surface area contributed by atoms with E-state index >= 15 is 0 Å². The first-order valence-corrected chi connectivity index (χ1v) is 10.5. The molecule has 4 bridgehead atoms. The molecular formula is C20H31N3O2. The Balaban J connectivity index is 1.17. The number of amides is 2. The molecule has 1 unspecified atom stereocenters. The number of likely N-dealkylation sites (tertiary alicyclic amines) is 1. The molecule has 0 aromatic rings. The fraction of sp³-hybridized carbons (Fsp3) is 0.900. The molecule has 2 amide bonds. The molecular weight excluding hydrogens is 314 g/mol. The van der Waals surface area contributed by atoms with Crippen LogP contribution in [0.2, 0.25) is 0 Å². The smallest absolute Gasteiger partial charge is 0.237 e. The van der Waals surface area contributed by atoms with Gasteiger partial charge in [-0.15, -0.1) is 0 Å². The zero-order chi connectivity index (χ0) is 17.0. The Bertz CT molecular complexity index is 531. The van der Waals surface area contributed by atoms with Gasteiger partial charge in [0.25, 0.3) is 0 Å². The number of rotatable bonds is 5. The molecule has 1 saturated heterocycles. The Morgan fingerprint density at radius 3 is 2.20 bits per heavy atom. The van der Waals surface area contributed by atoms with Gasteiger partial charge in [-0.1, -0.05) is 0 Å². The minimum absolute atomic E-state index is 0.0927. The van der Waals surface area contributed by atoms with Crippen molar-refractivity contribution >= 4 is 11.8 Å². The minimum atomic E-state index is -0.0927. The van der Waals surface area contributed by atoms with E-state index in [2.05, 4.69) is 15.5 Å². The number of hydrogen-bond acceptors (Lipinski definition) is 3. The van der Waals surface area contributed by atoms with Gasteiger partial charge in [0.15, 0.2) is 0 Å². The van der Waals surface area contributed by atoms with Gasteiger partial charge in [0.2, 0.25) is 11.8 Å². The van der Waals surface area contributed by atoms with Crippen LogP contribution in [0.3, 0.4) is 0 Å². The Labute approximate surface area is 150 Å². The van der Waals surface area contributed by atoms with Gasteiger partial charge in [-0.25, -0.2) is 0 Å². The van der Waals surface area contributed by atoms with Gasteiger partial charge in [-0.3, -0.25) is 14.5 Å². The van der Waals surface area contributed by atoms with E-state index in [1.165, 1.54) is 32.1 Å². The average molecular weight is 345 g/mol. The standard InChI is InChI=1S/C20H31N3O2/c24-18(11-23-5-1-2-17(23)20(25)21-16-3-4-16)22-19-14-7-12-6-13(9-14)10-15(19)8-12/h12-17,19H,1-11H2,(H,21,25)(H,22,24). The SMILES string of the molecule is O=C(CN1CCCC1C(=O)NC1CC1)NC1C2CC3CC(C2)CC1C3. The summed E-state index contributed by atoms with van der Waals surface area (Å²) in [6.07, 6.45) is 10.9. The maximum Gasteiger partial charge on any atom is 0.237 e. The molecule has 6 rings (SSSR count). The third kappa shape index (κ3) is 3.20. The summed E-state index contributed by atoms with van der Waals surface area (Å²) in [5.74, 6) is 3.58. The maximum atomic E-state index is 12.7. The lowest BCUT2D eigenvalue weighted by Crippen LogP contribution is -2.57. The molecule has 25 heavy (non-hydrogen) atoms. The lowest BCUT2D eigenvalue weighted by atomic mass is 9.54. The molecule has 6 fully saturated rings. The highest BCUT2D eigenvalue weighted by Gasteiger charge is 2.48. The van der Waals surface area contributed by atoms with Crippen LogP contribution in [0.5, 0.6) is 0 Å². The summed E-state index contributed by atoms with van der Waals surface area (Å²) < 4.78 is 0. The Kier molecular flexibility index (Phi) is 4.03. The molecule has 6 aliphatic rings. The summed E-state index contributed by atoms with van der Waals surface area (Å²) >= 11 is 0. The topological polar surface area (TPSA) is 61.4 Å². The fourth-order valence-electron chi connectivity index (χ4n) is 6.41. The second kappa shape index (κ2) is 6.26. The van der Waals surface area contributed by atoms with Crippen LogP contribution >= 0.6 is 0 Å². The van der Waals surface area contributed by atoms with E-state index in [-0.39, 0.29) is 17.9 Å². The van der Waals surface area contributed by atoms with Crippen LogP contribution in [0.4, 0.5) is 0 Å². The van der Waals surface area contributed by atoms with E-state index in [1.54, 1.807) is 0 Å². The normalized spacial score (nSPS) is 42.6. The van der Waals surface area contributed by atoms with Crippen LogP contribution in [-0.2, 0) is 9.59 Å². The fourth-order valence-corrected chi connectivity index (χ4v) is 6.41. The lowest BCUT2D eigenvalue weighted by Gasteiger charge is -2.54. The molecule has 0 aromatic carbocycles. The van der Waals surface area contributed by atoms with Crippen molar-refractivity contribution in [2.75, 3.05) is 13.1 Å². The molecule has 5 saturated carbocycles. The summed E-state index contributed by atoms with van der Waals surface area (Å²) in [6.45, 7) is 1.27. The molecule has 0 aromatic heterocycles. The average Bonchev–Trinajstić information content (AvgIpc) is 3.26. The Morgan fingerprint density at radius 1 is 0.880 bits per heavy atom. The first kappa shape index (κ1) is 16.1. The van der Waals surface area contributed by atoms with Crippen molar-refractivity contribution in [3.63, 3.8) is 0 Å². The van der Waals surface area contributed by atoms with E-state index in [4.69, 9.17) is 0 Å². The van der Waals surface area contributed by atoms with Gasteiger partial charge in [-0.05, 0) is 88.0 Å². The number of nitrogens with zero attached hydrogens (tertiary/aromatic N) is 1. The molecule has 2 N–H and O–H groups in total. The zero-order valence-electron chi connectivity index (χ0n) is 15.1. The van der Waals surface area contributed by atoms with Crippen LogP contribution in [0, 0.1) is 23.7 Å². The van der Waals surface area contributed by atoms with Crippen molar-refractivity contribution in [3.05, 3.63) is 0 Å². The molecule has 138 valence electrons. The molecule has 0 radical (unpaired) electrons. The minimum Gasteiger partial charge on any atom is -0.352 e. The molecule has 1 aliphatic heterocycles. The van der Waals surface area contributed by atoms with Crippen LogP contribution in [0.25, 0.3) is 0 Å². The second-order valence-electron chi connectivity index (χ2n) is 9.44. The van der Waals surface area contributed by atoms with Crippen LogP contribution < -0.4 is 10.6 Å². The molecule has 1 heterocycles. The van der Waals surface area contributed by atoms with Gasteiger partial charge in [0.05, 0.1) is 12.6 Å². The molecule has 5 nitrogen and oxygen atoms in total. The highest BCUT2D eigenvalue weighted by molar-refractivity contribution is 5.84. The molecule has 5 aliphatic carbocycles. The highest BCUT2D eigenvalue weighted by Crippen LogP contribution is 2.53. The largest absolute Gasteiger partial charge is 0.352 e. The summed E-state index contributed by atoms with van der Waals surface area (Å²) in [6, 6.07) is 0.711. The van der Waals surface area contributed by atoms with Crippen LogP contribution in [-0.4, -0.2) is 47.9 Å². The van der Waals surface area contributed by atoms with E-state index in [9.17, 15) is 9.59 Å².